The van der Waals surface area contributed by atoms with Crippen LogP contribution in [-0.4, -0.2) is 34.5 Å². The Morgan fingerprint density at radius 3 is 2.30 bits per heavy atom. The number of hydrogen-bond donors (Lipinski definition) is 1. The van der Waals surface area contributed by atoms with Crippen LogP contribution < -0.4 is 4.72 Å². The third-order valence-corrected chi connectivity index (χ3v) is 5.94. The van der Waals surface area contributed by atoms with Crippen LogP contribution in [-0.2, 0) is 29.3 Å². The summed E-state index contributed by atoms with van der Waals surface area (Å²) in [6.45, 7) is 9.24. The van der Waals surface area contributed by atoms with Gasteiger partial charge in [-0.3, -0.25) is 9.36 Å². The second kappa shape index (κ2) is 7.63. The molecule has 2 heterocycles. The molecule has 11 heteroatoms. The van der Waals surface area contributed by atoms with Gasteiger partial charge in [0.2, 0.25) is 10.0 Å². The molecular formula is C16H24F3N5O2S. The second-order valence-corrected chi connectivity index (χ2v) is 8.33. The quantitative estimate of drug-likeness (QED) is 0.765. The standard InChI is InChI=1S/C16H24F3N5O2S/c1-6-23-13(5)15(12(4)21-23)27(25,26)20-8-10(2)9-24-11(3)7-14(22-24)16(17,18)19/h7,10,20H,6,8-9H2,1-5H3. The van der Waals surface area contributed by atoms with E-state index in [4.69, 9.17) is 0 Å². The summed E-state index contributed by atoms with van der Waals surface area (Å²) in [7, 11) is -3.77. The Morgan fingerprint density at radius 2 is 1.81 bits per heavy atom. The Labute approximate surface area is 156 Å². The zero-order valence-corrected chi connectivity index (χ0v) is 16.7. The first kappa shape index (κ1) is 21.4. The summed E-state index contributed by atoms with van der Waals surface area (Å²) >= 11 is 0. The molecular weight excluding hydrogens is 383 g/mol. The smallest absolute Gasteiger partial charge is 0.269 e. The molecule has 0 aliphatic rings. The Balaban J connectivity index is 2.08. The average Bonchev–Trinajstić information content (AvgIpc) is 3.05. The monoisotopic (exact) mass is 407 g/mol. The second-order valence-electron chi connectivity index (χ2n) is 6.62. The molecule has 2 aromatic rings. The van der Waals surface area contributed by atoms with Gasteiger partial charge in [-0.15, -0.1) is 0 Å². The minimum atomic E-state index is -4.50. The van der Waals surface area contributed by atoms with Gasteiger partial charge in [0.15, 0.2) is 5.69 Å². The number of nitrogens with one attached hydrogen (secondary N) is 1. The van der Waals surface area contributed by atoms with E-state index in [1.165, 1.54) is 11.6 Å². The van der Waals surface area contributed by atoms with E-state index in [1.807, 2.05) is 6.92 Å². The Morgan fingerprint density at radius 1 is 1.19 bits per heavy atom. The van der Waals surface area contributed by atoms with Gasteiger partial charge in [0, 0.05) is 25.3 Å². The van der Waals surface area contributed by atoms with Crippen LogP contribution in [0.1, 0.15) is 36.6 Å². The Hall–Kier alpha value is -1.88. The number of aromatic nitrogens is 4. The molecule has 7 nitrogen and oxygen atoms in total. The van der Waals surface area contributed by atoms with Crippen molar-refractivity contribution in [2.75, 3.05) is 6.54 Å². The SMILES string of the molecule is CCn1nc(C)c(S(=O)(=O)NCC(C)Cn2nc(C(F)(F)F)cc2C)c1C. The van der Waals surface area contributed by atoms with E-state index in [-0.39, 0.29) is 23.9 Å². The summed E-state index contributed by atoms with van der Waals surface area (Å²) in [5, 5.41) is 7.77. The molecule has 0 fully saturated rings. The number of rotatable bonds is 7. The summed E-state index contributed by atoms with van der Waals surface area (Å²) < 4.78 is 68.9. The van der Waals surface area contributed by atoms with E-state index >= 15 is 0 Å². The lowest BCUT2D eigenvalue weighted by Gasteiger charge is -2.14. The topological polar surface area (TPSA) is 81.8 Å². The minimum Gasteiger partial charge on any atom is -0.269 e. The summed E-state index contributed by atoms with van der Waals surface area (Å²) in [6.07, 6.45) is -4.50. The van der Waals surface area contributed by atoms with Crippen molar-refractivity contribution in [3.63, 3.8) is 0 Å². The van der Waals surface area contributed by atoms with Gasteiger partial charge in [-0.05, 0) is 39.7 Å². The first-order valence-electron chi connectivity index (χ1n) is 8.52. The predicted molar refractivity (Wildman–Crippen MR) is 93.7 cm³/mol. The van der Waals surface area contributed by atoms with Crippen LogP contribution in [0, 0.1) is 26.7 Å². The molecule has 1 N–H and O–H groups in total. The number of hydrogen-bond acceptors (Lipinski definition) is 4. The third kappa shape index (κ3) is 4.70. The molecule has 0 saturated heterocycles. The average molecular weight is 407 g/mol. The molecule has 1 unspecified atom stereocenters. The number of nitrogens with zero attached hydrogens (tertiary/aromatic N) is 4. The van der Waals surface area contributed by atoms with E-state index in [1.54, 1.807) is 25.5 Å². The maximum Gasteiger partial charge on any atom is 0.435 e. The van der Waals surface area contributed by atoms with Gasteiger partial charge in [0.1, 0.15) is 4.90 Å². The highest BCUT2D eigenvalue weighted by molar-refractivity contribution is 7.89. The van der Waals surface area contributed by atoms with Gasteiger partial charge in [0.05, 0.1) is 11.4 Å². The van der Waals surface area contributed by atoms with Crippen LogP contribution in [0.15, 0.2) is 11.0 Å². The van der Waals surface area contributed by atoms with E-state index in [0.717, 1.165) is 6.07 Å². The molecule has 0 aliphatic heterocycles. The summed E-state index contributed by atoms with van der Waals surface area (Å²) in [5.74, 6) is -0.263. The number of sulfonamides is 1. The van der Waals surface area contributed by atoms with Crippen molar-refractivity contribution in [1.29, 1.82) is 0 Å². The van der Waals surface area contributed by atoms with Gasteiger partial charge in [-0.1, -0.05) is 6.92 Å². The molecule has 27 heavy (non-hydrogen) atoms. The lowest BCUT2D eigenvalue weighted by molar-refractivity contribution is -0.141. The van der Waals surface area contributed by atoms with E-state index in [9.17, 15) is 21.6 Å². The van der Waals surface area contributed by atoms with Crippen LogP contribution >= 0.6 is 0 Å². The van der Waals surface area contributed by atoms with Crippen molar-refractivity contribution in [3.8, 4) is 0 Å². The van der Waals surface area contributed by atoms with E-state index in [0.29, 0.717) is 23.6 Å². The largest absolute Gasteiger partial charge is 0.435 e. The van der Waals surface area contributed by atoms with Crippen molar-refractivity contribution >= 4 is 10.0 Å². The molecule has 1 atom stereocenters. The fraction of sp³-hybridized carbons (Fsp3) is 0.625. The number of alkyl halides is 3. The summed E-state index contributed by atoms with van der Waals surface area (Å²) in [4.78, 5) is 0.145. The molecule has 0 spiro atoms. The van der Waals surface area contributed by atoms with Gasteiger partial charge in [0.25, 0.3) is 0 Å². The number of aryl methyl sites for hydroxylation is 3. The highest BCUT2D eigenvalue weighted by atomic mass is 32.2. The maximum atomic E-state index is 12.7. The fourth-order valence-electron chi connectivity index (χ4n) is 2.89. The Bertz CT molecular complexity index is 915. The van der Waals surface area contributed by atoms with Crippen molar-refractivity contribution < 1.29 is 21.6 Å². The van der Waals surface area contributed by atoms with Crippen LogP contribution in [0.5, 0.6) is 0 Å². The number of halogens is 3. The zero-order chi connectivity index (χ0) is 20.6. The fourth-order valence-corrected chi connectivity index (χ4v) is 4.47. The summed E-state index contributed by atoms with van der Waals surface area (Å²) in [5.41, 5.74) is 0.374. The lowest BCUT2D eigenvalue weighted by atomic mass is 10.2. The zero-order valence-electron chi connectivity index (χ0n) is 15.9. The maximum absolute atomic E-state index is 12.7. The molecule has 2 rings (SSSR count). The highest BCUT2D eigenvalue weighted by Crippen LogP contribution is 2.28. The molecule has 2 aromatic heterocycles. The first-order valence-corrected chi connectivity index (χ1v) is 10.0. The third-order valence-electron chi connectivity index (χ3n) is 4.26. The molecule has 0 aliphatic carbocycles. The molecule has 152 valence electrons. The first-order chi connectivity index (χ1) is 12.4. The molecule has 0 radical (unpaired) electrons. The van der Waals surface area contributed by atoms with Crippen LogP contribution in [0.25, 0.3) is 0 Å². The van der Waals surface area contributed by atoms with Crippen molar-refractivity contribution in [1.82, 2.24) is 24.3 Å². The minimum absolute atomic E-state index is 0.0686. The summed E-state index contributed by atoms with van der Waals surface area (Å²) in [6, 6.07) is 0.975. The molecule has 0 saturated carbocycles. The van der Waals surface area contributed by atoms with Gasteiger partial charge in [-0.2, -0.15) is 23.4 Å². The van der Waals surface area contributed by atoms with E-state index < -0.39 is 21.9 Å². The molecule has 0 bridgehead atoms. The van der Waals surface area contributed by atoms with Crippen LogP contribution in [0.2, 0.25) is 0 Å². The predicted octanol–water partition coefficient (Wildman–Crippen LogP) is 2.66. The molecule has 0 amide bonds. The van der Waals surface area contributed by atoms with Gasteiger partial charge < -0.3 is 0 Å². The van der Waals surface area contributed by atoms with Crippen molar-refractivity contribution in [2.45, 2.75) is 58.8 Å². The van der Waals surface area contributed by atoms with Crippen molar-refractivity contribution in [3.05, 3.63) is 28.8 Å². The molecule has 0 aromatic carbocycles. The highest BCUT2D eigenvalue weighted by Gasteiger charge is 2.34. The van der Waals surface area contributed by atoms with Crippen molar-refractivity contribution in [2.24, 2.45) is 5.92 Å². The van der Waals surface area contributed by atoms with Gasteiger partial charge >= 0.3 is 6.18 Å². The van der Waals surface area contributed by atoms with Crippen LogP contribution in [0.4, 0.5) is 13.2 Å². The Kier molecular flexibility index (Phi) is 6.05. The van der Waals surface area contributed by atoms with E-state index in [2.05, 4.69) is 14.9 Å². The normalized spacial score (nSPS) is 13.9. The van der Waals surface area contributed by atoms with Crippen LogP contribution in [0.3, 0.4) is 0 Å². The lowest BCUT2D eigenvalue weighted by Crippen LogP contribution is -2.31. The van der Waals surface area contributed by atoms with Gasteiger partial charge in [-0.25, -0.2) is 13.1 Å².